The second-order valence-electron chi connectivity index (χ2n) is 5.08. The van der Waals surface area contributed by atoms with Gasteiger partial charge in [0.05, 0.1) is 0 Å². The van der Waals surface area contributed by atoms with Gasteiger partial charge in [0.15, 0.2) is 23.3 Å². The number of hydrogen-bond donors (Lipinski definition) is 0. The van der Waals surface area contributed by atoms with Gasteiger partial charge >= 0.3 is 0 Å². The van der Waals surface area contributed by atoms with Crippen molar-refractivity contribution >= 4 is 5.91 Å². The lowest BCUT2D eigenvalue weighted by Crippen LogP contribution is -2.49. The topological polar surface area (TPSA) is 23.6 Å². The molecule has 3 nitrogen and oxygen atoms in total. The third-order valence-electron chi connectivity index (χ3n) is 3.62. The molecule has 0 bridgehead atoms. The van der Waals surface area contributed by atoms with Crippen molar-refractivity contribution in [2.45, 2.75) is 13.3 Å². The van der Waals surface area contributed by atoms with Crippen LogP contribution in [0.25, 0.3) is 0 Å². The summed E-state index contributed by atoms with van der Waals surface area (Å²) < 4.78 is 66.5. The Hall–Kier alpha value is -1.70. The van der Waals surface area contributed by atoms with E-state index in [-0.39, 0.29) is 13.1 Å². The molecule has 0 aliphatic carbocycles. The molecule has 8 heteroatoms. The van der Waals surface area contributed by atoms with Crippen molar-refractivity contribution < 1.29 is 26.7 Å². The normalized spacial score (nSPS) is 16.2. The van der Waals surface area contributed by atoms with Crippen molar-refractivity contribution in [1.82, 2.24) is 9.80 Å². The summed E-state index contributed by atoms with van der Waals surface area (Å²) >= 11 is 0. The standard InChI is InChI=1S/C14H15F5N2O/c1-2-3-20-4-6-21(7-5-20)14(22)8-9(15)11(17)13(19)12(18)10(8)16/h2-7H2,1H3. The Morgan fingerprint density at radius 3 is 1.77 bits per heavy atom. The minimum absolute atomic E-state index is 0.179. The van der Waals surface area contributed by atoms with Gasteiger partial charge in [-0.05, 0) is 13.0 Å². The van der Waals surface area contributed by atoms with Gasteiger partial charge in [-0.2, -0.15) is 0 Å². The van der Waals surface area contributed by atoms with Gasteiger partial charge in [-0.3, -0.25) is 9.69 Å². The van der Waals surface area contributed by atoms with Crippen LogP contribution in [0.15, 0.2) is 0 Å². The van der Waals surface area contributed by atoms with E-state index in [1.807, 2.05) is 6.92 Å². The summed E-state index contributed by atoms with van der Waals surface area (Å²) in [6, 6.07) is 0. The Balaban J connectivity index is 2.24. The van der Waals surface area contributed by atoms with E-state index in [9.17, 15) is 26.7 Å². The SMILES string of the molecule is CCCN1CCN(C(=O)c2c(F)c(F)c(F)c(F)c2F)CC1. The first-order valence-corrected chi connectivity index (χ1v) is 6.91. The lowest BCUT2D eigenvalue weighted by Gasteiger charge is -2.34. The van der Waals surface area contributed by atoms with Gasteiger partial charge in [0.1, 0.15) is 5.56 Å². The van der Waals surface area contributed by atoms with Gasteiger partial charge in [0, 0.05) is 26.2 Å². The van der Waals surface area contributed by atoms with Crippen LogP contribution in [0.5, 0.6) is 0 Å². The first kappa shape index (κ1) is 16.7. The van der Waals surface area contributed by atoms with E-state index < -0.39 is 40.6 Å². The summed E-state index contributed by atoms with van der Waals surface area (Å²) in [4.78, 5) is 15.3. The van der Waals surface area contributed by atoms with Gasteiger partial charge in [-0.15, -0.1) is 0 Å². The van der Waals surface area contributed by atoms with Crippen molar-refractivity contribution in [2.75, 3.05) is 32.7 Å². The van der Waals surface area contributed by atoms with Crippen LogP contribution in [0.4, 0.5) is 22.0 Å². The molecule has 0 radical (unpaired) electrons. The second-order valence-corrected chi connectivity index (χ2v) is 5.08. The third kappa shape index (κ3) is 2.92. The molecule has 2 rings (SSSR count). The average Bonchev–Trinajstić information content (AvgIpc) is 2.52. The minimum Gasteiger partial charge on any atom is -0.336 e. The number of piperazine rings is 1. The Morgan fingerprint density at radius 1 is 0.864 bits per heavy atom. The molecule has 0 spiro atoms. The van der Waals surface area contributed by atoms with Crippen molar-refractivity contribution in [1.29, 1.82) is 0 Å². The smallest absolute Gasteiger partial charge is 0.260 e. The molecule has 1 aliphatic heterocycles. The van der Waals surface area contributed by atoms with Gasteiger partial charge < -0.3 is 4.90 Å². The summed E-state index contributed by atoms with van der Waals surface area (Å²) in [5.41, 5.74) is -1.39. The summed E-state index contributed by atoms with van der Waals surface area (Å²) in [7, 11) is 0. The molecule has 1 aromatic rings. The van der Waals surface area contributed by atoms with E-state index in [1.54, 1.807) is 0 Å². The zero-order chi connectivity index (χ0) is 16.4. The van der Waals surface area contributed by atoms with Crippen LogP contribution in [-0.4, -0.2) is 48.4 Å². The van der Waals surface area contributed by atoms with E-state index in [2.05, 4.69) is 4.90 Å². The molecule has 0 aromatic heterocycles. The monoisotopic (exact) mass is 322 g/mol. The molecular weight excluding hydrogens is 307 g/mol. The van der Waals surface area contributed by atoms with Gasteiger partial charge in [0.25, 0.3) is 5.91 Å². The lowest BCUT2D eigenvalue weighted by molar-refractivity contribution is 0.0624. The Morgan fingerprint density at radius 2 is 1.32 bits per heavy atom. The molecule has 0 saturated carbocycles. The Kier molecular flexibility index (Phi) is 5.00. The molecule has 1 aliphatic rings. The highest BCUT2D eigenvalue weighted by atomic mass is 19.2. The number of carbonyl (C=O) groups is 1. The number of rotatable bonds is 3. The quantitative estimate of drug-likeness (QED) is 0.485. The lowest BCUT2D eigenvalue weighted by atomic mass is 10.1. The Labute approximate surface area is 124 Å². The molecule has 0 atom stereocenters. The van der Waals surface area contributed by atoms with Gasteiger partial charge in [-0.1, -0.05) is 6.92 Å². The summed E-state index contributed by atoms with van der Waals surface area (Å²) in [6.07, 6.45) is 0.922. The first-order valence-electron chi connectivity index (χ1n) is 6.91. The van der Waals surface area contributed by atoms with Gasteiger partial charge in [-0.25, -0.2) is 22.0 Å². The maximum absolute atomic E-state index is 13.6. The van der Waals surface area contributed by atoms with E-state index >= 15 is 0 Å². The number of halogens is 5. The fourth-order valence-electron chi connectivity index (χ4n) is 2.44. The molecule has 0 unspecified atom stereocenters. The minimum atomic E-state index is -2.26. The van der Waals surface area contributed by atoms with Crippen LogP contribution < -0.4 is 0 Å². The van der Waals surface area contributed by atoms with Crippen molar-refractivity contribution in [3.63, 3.8) is 0 Å². The van der Waals surface area contributed by atoms with Crippen LogP contribution in [0.2, 0.25) is 0 Å². The molecule has 1 fully saturated rings. The van der Waals surface area contributed by atoms with Crippen molar-refractivity contribution in [3.8, 4) is 0 Å². The number of nitrogens with zero attached hydrogens (tertiary/aromatic N) is 2. The van der Waals surface area contributed by atoms with E-state index in [4.69, 9.17) is 0 Å². The van der Waals surface area contributed by atoms with Crippen LogP contribution in [0.1, 0.15) is 23.7 Å². The predicted octanol–water partition coefficient (Wildman–Crippen LogP) is 2.55. The fraction of sp³-hybridized carbons (Fsp3) is 0.500. The summed E-state index contributed by atoms with van der Waals surface area (Å²) in [5.74, 6) is -11.8. The predicted molar refractivity (Wildman–Crippen MR) is 68.9 cm³/mol. The number of benzene rings is 1. The van der Waals surface area contributed by atoms with Crippen LogP contribution in [0.3, 0.4) is 0 Å². The molecule has 1 heterocycles. The number of hydrogen-bond acceptors (Lipinski definition) is 2. The van der Waals surface area contributed by atoms with E-state index in [0.29, 0.717) is 13.1 Å². The first-order chi connectivity index (χ1) is 10.4. The summed E-state index contributed by atoms with van der Waals surface area (Å²) in [6.45, 7) is 4.16. The molecule has 1 amide bonds. The van der Waals surface area contributed by atoms with Crippen LogP contribution >= 0.6 is 0 Å². The third-order valence-corrected chi connectivity index (χ3v) is 3.62. The molecule has 0 N–H and O–H groups in total. The molecule has 1 aromatic carbocycles. The van der Waals surface area contributed by atoms with Crippen LogP contribution in [-0.2, 0) is 0 Å². The molecule has 22 heavy (non-hydrogen) atoms. The van der Waals surface area contributed by atoms with Crippen molar-refractivity contribution in [3.05, 3.63) is 34.6 Å². The fourth-order valence-corrected chi connectivity index (χ4v) is 2.44. The van der Waals surface area contributed by atoms with Gasteiger partial charge in [0.2, 0.25) is 5.82 Å². The van der Waals surface area contributed by atoms with E-state index in [1.165, 1.54) is 0 Å². The molecule has 1 saturated heterocycles. The Bertz CT molecular complexity index is 556. The maximum Gasteiger partial charge on any atom is 0.260 e. The highest BCUT2D eigenvalue weighted by Gasteiger charge is 2.33. The zero-order valence-corrected chi connectivity index (χ0v) is 11.9. The zero-order valence-electron chi connectivity index (χ0n) is 11.9. The summed E-state index contributed by atoms with van der Waals surface area (Å²) in [5, 5.41) is 0. The van der Waals surface area contributed by atoms with Crippen molar-refractivity contribution in [2.24, 2.45) is 0 Å². The highest BCUT2D eigenvalue weighted by molar-refractivity contribution is 5.95. The highest BCUT2D eigenvalue weighted by Crippen LogP contribution is 2.24. The number of amides is 1. The number of carbonyl (C=O) groups excluding carboxylic acids is 1. The maximum atomic E-state index is 13.6. The molecular formula is C14H15F5N2O. The second kappa shape index (κ2) is 6.60. The van der Waals surface area contributed by atoms with Crippen LogP contribution in [0, 0.1) is 29.1 Å². The average molecular weight is 322 g/mol. The molecule has 122 valence electrons. The largest absolute Gasteiger partial charge is 0.336 e. The van der Waals surface area contributed by atoms with E-state index in [0.717, 1.165) is 17.9 Å².